The van der Waals surface area contributed by atoms with Crippen LogP contribution < -0.4 is 14.8 Å². The van der Waals surface area contributed by atoms with Gasteiger partial charge in [0.2, 0.25) is 0 Å². The molecule has 1 aromatic heterocycles. The van der Waals surface area contributed by atoms with Crippen molar-refractivity contribution in [1.29, 1.82) is 0 Å². The molecule has 4 nitrogen and oxygen atoms in total. The Bertz CT molecular complexity index is 698. The molecule has 1 N–H and O–H groups in total. The summed E-state index contributed by atoms with van der Waals surface area (Å²) in [7, 11) is 1.51. The van der Waals surface area contributed by atoms with Crippen LogP contribution in [0.4, 0.5) is 13.2 Å². The molecule has 124 valence electrons. The van der Waals surface area contributed by atoms with E-state index in [1.54, 1.807) is 12.1 Å². The smallest absolute Gasteiger partial charge is 0.433 e. The van der Waals surface area contributed by atoms with Crippen molar-refractivity contribution in [1.82, 2.24) is 10.3 Å². The van der Waals surface area contributed by atoms with Crippen molar-refractivity contribution >= 4 is 10.9 Å². The normalized spacial score (nSPS) is 16.5. The molecule has 1 aliphatic heterocycles. The molecule has 0 unspecified atom stereocenters. The van der Waals surface area contributed by atoms with Gasteiger partial charge in [0.15, 0.2) is 0 Å². The number of rotatable bonds is 3. The van der Waals surface area contributed by atoms with Gasteiger partial charge in [-0.1, -0.05) is 0 Å². The summed E-state index contributed by atoms with van der Waals surface area (Å²) < 4.78 is 50.2. The van der Waals surface area contributed by atoms with Crippen LogP contribution in [0.15, 0.2) is 24.3 Å². The summed E-state index contributed by atoms with van der Waals surface area (Å²) in [6.45, 7) is 1.59. The van der Waals surface area contributed by atoms with Crippen LogP contribution in [-0.4, -0.2) is 31.3 Å². The zero-order valence-electron chi connectivity index (χ0n) is 12.6. The molecule has 0 bridgehead atoms. The average molecular weight is 326 g/mol. The van der Waals surface area contributed by atoms with Crippen LogP contribution in [0.3, 0.4) is 0 Å². The van der Waals surface area contributed by atoms with E-state index in [-0.39, 0.29) is 17.4 Å². The summed E-state index contributed by atoms with van der Waals surface area (Å²) in [6.07, 6.45) is -3.10. The lowest BCUT2D eigenvalue weighted by Gasteiger charge is -2.25. The van der Waals surface area contributed by atoms with Crippen molar-refractivity contribution in [2.75, 3.05) is 20.2 Å². The SMILES string of the molecule is COc1ccc2nc(C(F)(F)F)cc(OC3CCNCC3)c2c1. The fraction of sp³-hybridized carbons (Fsp3) is 0.438. The third kappa shape index (κ3) is 3.50. The number of nitrogens with one attached hydrogen (secondary N) is 1. The minimum absolute atomic E-state index is 0.103. The van der Waals surface area contributed by atoms with Crippen LogP contribution >= 0.6 is 0 Å². The van der Waals surface area contributed by atoms with Crippen LogP contribution in [-0.2, 0) is 6.18 Å². The first-order chi connectivity index (χ1) is 11.0. The molecular formula is C16H17F3N2O2. The number of benzene rings is 1. The Morgan fingerprint density at radius 2 is 1.91 bits per heavy atom. The molecule has 1 aromatic carbocycles. The minimum Gasteiger partial charge on any atom is -0.497 e. The Hall–Kier alpha value is -2.02. The van der Waals surface area contributed by atoms with E-state index >= 15 is 0 Å². The van der Waals surface area contributed by atoms with Gasteiger partial charge in [0, 0.05) is 11.5 Å². The van der Waals surface area contributed by atoms with Gasteiger partial charge in [-0.25, -0.2) is 4.98 Å². The largest absolute Gasteiger partial charge is 0.497 e. The summed E-state index contributed by atoms with van der Waals surface area (Å²) in [4.78, 5) is 3.70. The molecule has 3 rings (SSSR count). The first-order valence-electron chi connectivity index (χ1n) is 7.41. The monoisotopic (exact) mass is 326 g/mol. The van der Waals surface area contributed by atoms with E-state index in [0.717, 1.165) is 32.0 Å². The lowest BCUT2D eigenvalue weighted by atomic mass is 10.1. The van der Waals surface area contributed by atoms with Gasteiger partial charge in [-0.3, -0.25) is 0 Å². The maximum atomic E-state index is 13.1. The molecule has 0 amide bonds. The van der Waals surface area contributed by atoms with Crippen molar-refractivity contribution in [3.8, 4) is 11.5 Å². The van der Waals surface area contributed by atoms with Crippen LogP contribution in [0.1, 0.15) is 18.5 Å². The van der Waals surface area contributed by atoms with E-state index in [2.05, 4.69) is 10.3 Å². The topological polar surface area (TPSA) is 43.4 Å². The molecule has 0 radical (unpaired) electrons. The number of methoxy groups -OCH3 is 1. The van der Waals surface area contributed by atoms with Gasteiger partial charge >= 0.3 is 6.18 Å². The fourth-order valence-corrected chi connectivity index (χ4v) is 2.64. The Morgan fingerprint density at radius 3 is 2.57 bits per heavy atom. The first kappa shape index (κ1) is 15.9. The van der Waals surface area contributed by atoms with Crippen molar-refractivity contribution < 1.29 is 22.6 Å². The molecule has 7 heteroatoms. The standard InChI is InChI=1S/C16H17F3N2O2/c1-22-11-2-3-13-12(8-11)14(9-15(21-13)16(17,18)19)23-10-4-6-20-7-5-10/h2-3,8-10,20H,4-7H2,1H3. The number of alkyl halides is 3. The lowest BCUT2D eigenvalue weighted by Crippen LogP contribution is -2.34. The van der Waals surface area contributed by atoms with Gasteiger partial charge in [0.1, 0.15) is 23.3 Å². The number of fused-ring (bicyclic) bond motifs is 1. The molecule has 2 heterocycles. The number of ether oxygens (including phenoxy) is 2. The second kappa shape index (κ2) is 6.23. The molecular weight excluding hydrogens is 309 g/mol. The highest BCUT2D eigenvalue weighted by Crippen LogP contribution is 2.36. The van der Waals surface area contributed by atoms with Gasteiger partial charge in [0.25, 0.3) is 0 Å². The Morgan fingerprint density at radius 1 is 1.17 bits per heavy atom. The quantitative estimate of drug-likeness (QED) is 0.939. The maximum absolute atomic E-state index is 13.1. The van der Waals surface area contributed by atoms with Crippen molar-refractivity contribution in [3.05, 3.63) is 30.0 Å². The Labute approximate surface area is 131 Å². The minimum atomic E-state index is -4.51. The van der Waals surface area contributed by atoms with Gasteiger partial charge in [-0.2, -0.15) is 13.2 Å². The maximum Gasteiger partial charge on any atom is 0.433 e. The molecule has 2 aromatic rings. The predicted octanol–water partition coefficient (Wildman–Crippen LogP) is 3.39. The predicted molar refractivity (Wildman–Crippen MR) is 79.8 cm³/mol. The molecule has 1 aliphatic rings. The zero-order valence-corrected chi connectivity index (χ0v) is 12.6. The van der Waals surface area contributed by atoms with Gasteiger partial charge in [0.05, 0.1) is 12.6 Å². The molecule has 1 saturated heterocycles. The summed E-state index contributed by atoms with van der Waals surface area (Å²) in [5.41, 5.74) is -0.705. The first-order valence-corrected chi connectivity index (χ1v) is 7.41. The number of pyridine rings is 1. The number of halogens is 3. The number of aromatic nitrogens is 1. The van der Waals surface area contributed by atoms with E-state index in [9.17, 15) is 13.2 Å². The Kier molecular flexibility index (Phi) is 4.30. The van der Waals surface area contributed by atoms with E-state index in [4.69, 9.17) is 9.47 Å². The van der Waals surface area contributed by atoms with E-state index < -0.39 is 11.9 Å². The van der Waals surface area contributed by atoms with Crippen molar-refractivity contribution in [2.45, 2.75) is 25.1 Å². The molecule has 1 fully saturated rings. The van der Waals surface area contributed by atoms with Crippen LogP contribution in [0.5, 0.6) is 11.5 Å². The second-order valence-electron chi connectivity index (χ2n) is 5.45. The van der Waals surface area contributed by atoms with Gasteiger partial charge < -0.3 is 14.8 Å². The average Bonchev–Trinajstić information content (AvgIpc) is 2.54. The highest BCUT2D eigenvalue weighted by molar-refractivity contribution is 5.86. The van der Waals surface area contributed by atoms with Crippen molar-refractivity contribution in [2.24, 2.45) is 0 Å². The Balaban J connectivity index is 2.06. The molecule has 0 atom stereocenters. The second-order valence-corrected chi connectivity index (χ2v) is 5.45. The zero-order chi connectivity index (χ0) is 16.4. The number of hydrogen-bond donors (Lipinski definition) is 1. The lowest BCUT2D eigenvalue weighted by molar-refractivity contribution is -0.141. The molecule has 0 saturated carbocycles. The summed E-state index contributed by atoms with van der Waals surface area (Å²) in [6, 6.07) is 5.73. The van der Waals surface area contributed by atoms with Crippen LogP contribution in [0.25, 0.3) is 10.9 Å². The van der Waals surface area contributed by atoms with Crippen LogP contribution in [0, 0.1) is 0 Å². The van der Waals surface area contributed by atoms with Crippen LogP contribution in [0.2, 0.25) is 0 Å². The molecule has 23 heavy (non-hydrogen) atoms. The molecule has 0 aliphatic carbocycles. The van der Waals surface area contributed by atoms with E-state index in [0.29, 0.717) is 11.1 Å². The molecule has 0 spiro atoms. The highest BCUT2D eigenvalue weighted by Gasteiger charge is 2.34. The third-order valence-corrected chi connectivity index (χ3v) is 3.85. The van der Waals surface area contributed by atoms with E-state index in [1.807, 2.05) is 0 Å². The van der Waals surface area contributed by atoms with Crippen molar-refractivity contribution in [3.63, 3.8) is 0 Å². The van der Waals surface area contributed by atoms with Gasteiger partial charge in [-0.15, -0.1) is 0 Å². The number of nitrogens with zero attached hydrogens (tertiary/aromatic N) is 1. The number of piperidine rings is 1. The van der Waals surface area contributed by atoms with Gasteiger partial charge in [-0.05, 0) is 44.1 Å². The summed E-state index contributed by atoms with van der Waals surface area (Å²) in [5.74, 6) is 0.752. The summed E-state index contributed by atoms with van der Waals surface area (Å²) >= 11 is 0. The highest BCUT2D eigenvalue weighted by atomic mass is 19.4. The summed E-state index contributed by atoms with van der Waals surface area (Å²) in [5, 5.41) is 3.72. The number of hydrogen-bond acceptors (Lipinski definition) is 4. The fourth-order valence-electron chi connectivity index (χ4n) is 2.64. The van der Waals surface area contributed by atoms with E-state index in [1.165, 1.54) is 13.2 Å². The third-order valence-electron chi connectivity index (χ3n) is 3.85.